The topological polar surface area (TPSA) is 93.0 Å². The number of nitrogens with one attached hydrogen (secondary N) is 1. The van der Waals surface area contributed by atoms with Gasteiger partial charge in [0.25, 0.3) is 0 Å². The Balaban J connectivity index is 2.19. The normalized spacial score (nSPS) is 34.2. The van der Waals surface area contributed by atoms with E-state index in [1.807, 2.05) is 0 Å². The summed E-state index contributed by atoms with van der Waals surface area (Å²) < 4.78 is 0. The van der Waals surface area contributed by atoms with Crippen LogP contribution in [0.25, 0.3) is 0 Å². The Hall–Kier alpha value is -1.14. The highest BCUT2D eigenvalue weighted by molar-refractivity contribution is 5.30. The van der Waals surface area contributed by atoms with Crippen LogP contribution in [0, 0.1) is 0 Å². The van der Waals surface area contributed by atoms with E-state index in [0.717, 1.165) is 5.56 Å². The molecule has 1 aliphatic rings. The Bertz CT molecular complexity index is 354. The third-order valence-electron chi connectivity index (χ3n) is 2.95. The molecule has 1 heterocycles. The van der Waals surface area contributed by atoms with Gasteiger partial charge in [0.2, 0.25) is 0 Å². The molecule has 5 nitrogen and oxygen atoms in total. The number of hydrogen-bond donors (Lipinski definition) is 5. The summed E-state index contributed by atoms with van der Waals surface area (Å²) in [5.41, 5.74) is 0.764. The van der Waals surface area contributed by atoms with Gasteiger partial charge in [-0.3, -0.25) is 0 Å². The van der Waals surface area contributed by atoms with Gasteiger partial charge in [0, 0.05) is 0 Å². The standard InChI is InChI=1S/C11H15NO4/c13-5-8-10(15)11(16)9(12-8)6-1-3-7(14)4-2-6/h1-4,8-16H,5H2/t8-,9-,10-,11-/m1/s1. The molecule has 4 atom stereocenters. The van der Waals surface area contributed by atoms with Crippen molar-refractivity contribution in [2.24, 2.45) is 0 Å². The summed E-state index contributed by atoms with van der Waals surface area (Å²) >= 11 is 0. The van der Waals surface area contributed by atoms with E-state index in [1.165, 1.54) is 12.1 Å². The largest absolute Gasteiger partial charge is 0.508 e. The average Bonchev–Trinajstić information content (AvgIpc) is 2.57. The van der Waals surface area contributed by atoms with Gasteiger partial charge in [0.1, 0.15) is 11.9 Å². The summed E-state index contributed by atoms with van der Waals surface area (Å²) in [5.74, 6) is 0.149. The predicted molar refractivity (Wildman–Crippen MR) is 56.9 cm³/mol. The molecule has 1 saturated heterocycles. The van der Waals surface area contributed by atoms with Gasteiger partial charge in [-0.25, -0.2) is 0 Å². The van der Waals surface area contributed by atoms with Crippen molar-refractivity contribution in [2.75, 3.05) is 6.61 Å². The molecule has 1 aromatic carbocycles. The highest BCUT2D eigenvalue weighted by Crippen LogP contribution is 2.28. The van der Waals surface area contributed by atoms with Crippen LogP contribution in [0.4, 0.5) is 0 Å². The minimum Gasteiger partial charge on any atom is -0.508 e. The van der Waals surface area contributed by atoms with E-state index in [9.17, 15) is 10.2 Å². The molecule has 0 saturated carbocycles. The second kappa shape index (κ2) is 4.39. The maximum Gasteiger partial charge on any atom is 0.115 e. The van der Waals surface area contributed by atoms with Crippen molar-refractivity contribution in [1.82, 2.24) is 5.32 Å². The van der Waals surface area contributed by atoms with Crippen LogP contribution in [-0.4, -0.2) is 45.3 Å². The zero-order chi connectivity index (χ0) is 11.7. The molecule has 0 radical (unpaired) electrons. The van der Waals surface area contributed by atoms with Crippen LogP contribution in [0.15, 0.2) is 24.3 Å². The summed E-state index contributed by atoms with van der Waals surface area (Å²) in [7, 11) is 0. The fraction of sp³-hybridized carbons (Fsp3) is 0.455. The zero-order valence-electron chi connectivity index (χ0n) is 8.61. The fourth-order valence-electron chi connectivity index (χ4n) is 2.00. The lowest BCUT2D eigenvalue weighted by Gasteiger charge is -2.16. The molecule has 0 bridgehead atoms. The predicted octanol–water partition coefficient (Wildman–Crippen LogP) is -0.881. The molecule has 0 amide bonds. The van der Waals surface area contributed by atoms with Crippen LogP contribution >= 0.6 is 0 Å². The summed E-state index contributed by atoms with van der Waals surface area (Å²) in [4.78, 5) is 0. The Labute approximate surface area is 93.0 Å². The first kappa shape index (κ1) is 11.3. The lowest BCUT2D eigenvalue weighted by atomic mass is 10.0. The van der Waals surface area contributed by atoms with Crippen molar-refractivity contribution in [3.8, 4) is 5.75 Å². The fourth-order valence-corrected chi connectivity index (χ4v) is 2.00. The van der Waals surface area contributed by atoms with Crippen molar-refractivity contribution in [3.63, 3.8) is 0 Å². The second-order valence-electron chi connectivity index (χ2n) is 4.01. The van der Waals surface area contributed by atoms with Crippen molar-refractivity contribution in [3.05, 3.63) is 29.8 Å². The van der Waals surface area contributed by atoms with E-state index in [1.54, 1.807) is 12.1 Å². The van der Waals surface area contributed by atoms with E-state index >= 15 is 0 Å². The van der Waals surface area contributed by atoms with Gasteiger partial charge in [0.15, 0.2) is 0 Å². The van der Waals surface area contributed by atoms with E-state index in [4.69, 9.17) is 10.2 Å². The molecule has 0 unspecified atom stereocenters. The average molecular weight is 225 g/mol. The van der Waals surface area contributed by atoms with Crippen molar-refractivity contribution in [2.45, 2.75) is 24.3 Å². The van der Waals surface area contributed by atoms with Gasteiger partial charge in [0.05, 0.1) is 24.8 Å². The third-order valence-corrected chi connectivity index (χ3v) is 2.95. The Kier molecular flexibility index (Phi) is 3.11. The minimum absolute atomic E-state index is 0.149. The van der Waals surface area contributed by atoms with Gasteiger partial charge < -0.3 is 25.7 Å². The number of hydrogen-bond acceptors (Lipinski definition) is 5. The third kappa shape index (κ3) is 1.90. The highest BCUT2D eigenvalue weighted by atomic mass is 16.3. The summed E-state index contributed by atoms with van der Waals surface area (Å²) in [6.45, 7) is -0.229. The maximum atomic E-state index is 9.80. The number of phenols is 1. The molecule has 0 aromatic heterocycles. The second-order valence-corrected chi connectivity index (χ2v) is 4.01. The quantitative estimate of drug-likeness (QED) is 0.451. The zero-order valence-corrected chi connectivity index (χ0v) is 8.61. The van der Waals surface area contributed by atoms with Gasteiger partial charge in [-0.2, -0.15) is 0 Å². The van der Waals surface area contributed by atoms with Crippen LogP contribution < -0.4 is 5.32 Å². The van der Waals surface area contributed by atoms with Crippen LogP contribution in [0.3, 0.4) is 0 Å². The van der Waals surface area contributed by atoms with Crippen molar-refractivity contribution in [1.29, 1.82) is 0 Å². The van der Waals surface area contributed by atoms with Crippen molar-refractivity contribution < 1.29 is 20.4 Å². The number of aromatic hydroxyl groups is 1. The molecule has 2 rings (SSSR count). The molecule has 5 heteroatoms. The molecule has 1 aromatic rings. The van der Waals surface area contributed by atoms with Gasteiger partial charge in [-0.05, 0) is 17.7 Å². The van der Waals surface area contributed by atoms with Gasteiger partial charge >= 0.3 is 0 Å². The van der Waals surface area contributed by atoms with E-state index in [2.05, 4.69) is 5.32 Å². The molecule has 88 valence electrons. The Morgan fingerprint density at radius 1 is 1.06 bits per heavy atom. The molecule has 0 spiro atoms. The number of aliphatic hydroxyl groups is 3. The molecule has 1 fully saturated rings. The first-order valence-corrected chi connectivity index (χ1v) is 5.15. The summed E-state index contributed by atoms with van der Waals surface area (Å²) in [6, 6.07) is 5.43. The summed E-state index contributed by atoms with van der Waals surface area (Å²) in [6.07, 6.45) is -1.94. The van der Waals surface area contributed by atoms with Gasteiger partial charge in [-0.1, -0.05) is 12.1 Å². The monoisotopic (exact) mass is 225 g/mol. The lowest BCUT2D eigenvalue weighted by Crippen LogP contribution is -2.35. The van der Waals surface area contributed by atoms with E-state index < -0.39 is 24.3 Å². The smallest absolute Gasteiger partial charge is 0.115 e. The molecule has 5 N–H and O–H groups in total. The SMILES string of the molecule is OC[C@H]1N[C@H](c2ccc(O)cc2)[C@@H](O)[C@@H]1O. The number of benzene rings is 1. The number of aliphatic hydroxyl groups excluding tert-OH is 3. The Morgan fingerprint density at radius 3 is 2.19 bits per heavy atom. The molecule has 1 aliphatic heterocycles. The van der Waals surface area contributed by atoms with E-state index in [0.29, 0.717) is 0 Å². The number of rotatable bonds is 2. The van der Waals surface area contributed by atoms with Gasteiger partial charge in [-0.15, -0.1) is 0 Å². The van der Waals surface area contributed by atoms with Crippen LogP contribution in [0.1, 0.15) is 11.6 Å². The highest BCUT2D eigenvalue weighted by Gasteiger charge is 2.41. The summed E-state index contributed by atoms with van der Waals surface area (Å²) in [5, 5.41) is 40.5. The first-order valence-electron chi connectivity index (χ1n) is 5.15. The maximum absolute atomic E-state index is 9.80. The van der Waals surface area contributed by atoms with Crippen molar-refractivity contribution >= 4 is 0 Å². The minimum atomic E-state index is -0.983. The lowest BCUT2D eigenvalue weighted by molar-refractivity contribution is 0.0194. The molecular formula is C11H15NO4. The van der Waals surface area contributed by atoms with Crippen LogP contribution in [0.2, 0.25) is 0 Å². The Morgan fingerprint density at radius 2 is 1.69 bits per heavy atom. The first-order chi connectivity index (χ1) is 7.63. The van der Waals surface area contributed by atoms with Crippen LogP contribution in [-0.2, 0) is 0 Å². The van der Waals surface area contributed by atoms with E-state index in [-0.39, 0.29) is 12.4 Å². The van der Waals surface area contributed by atoms with Crippen LogP contribution in [0.5, 0.6) is 5.75 Å². The molecule has 0 aliphatic carbocycles. The molecular weight excluding hydrogens is 210 g/mol. The molecule has 16 heavy (non-hydrogen) atoms. The number of phenolic OH excluding ortho intramolecular Hbond substituents is 1.